The normalized spacial score (nSPS) is 17.4. The second-order valence-electron chi connectivity index (χ2n) is 4.21. The maximum absolute atomic E-state index is 10.8. The topological polar surface area (TPSA) is 66.6 Å². The zero-order chi connectivity index (χ0) is 11.5. The number of carbonyl (C=O) groups is 1. The van der Waals surface area contributed by atoms with Gasteiger partial charge in [-0.2, -0.15) is 0 Å². The molecule has 1 aromatic carbocycles. The van der Waals surface area contributed by atoms with E-state index in [4.69, 9.17) is 10.8 Å². The summed E-state index contributed by atoms with van der Waals surface area (Å²) in [5, 5.41) is 8.85. The number of rotatable bonds is 1. The summed E-state index contributed by atoms with van der Waals surface area (Å²) in [6, 6.07) is 7.88. The molecule has 0 saturated carbocycles. The van der Waals surface area contributed by atoms with Crippen LogP contribution < -0.4 is 5.73 Å². The largest absolute Gasteiger partial charge is 0.465 e. The van der Waals surface area contributed by atoms with E-state index >= 15 is 0 Å². The van der Waals surface area contributed by atoms with Crippen LogP contribution in [0.1, 0.15) is 24.3 Å². The fourth-order valence-electron chi connectivity index (χ4n) is 2.22. The molecule has 1 aliphatic heterocycles. The molecule has 1 saturated heterocycles. The van der Waals surface area contributed by atoms with E-state index in [1.54, 1.807) is 0 Å². The second kappa shape index (κ2) is 4.43. The van der Waals surface area contributed by atoms with Crippen LogP contribution in [0.3, 0.4) is 0 Å². The third kappa shape index (κ3) is 2.27. The molecule has 86 valence electrons. The first kappa shape index (κ1) is 10.8. The SMILES string of the molecule is Nc1cccc(C2CCN(C(=O)O)CC2)c1. The molecule has 1 heterocycles. The van der Waals surface area contributed by atoms with Crippen LogP contribution in [-0.4, -0.2) is 29.2 Å². The quantitative estimate of drug-likeness (QED) is 0.712. The van der Waals surface area contributed by atoms with Crippen molar-refractivity contribution in [2.75, 3.05) is 18.8 Å². The summed E-state index contributed by atoms with van der Waals surface area (Å²) in [7, 11) is 0. The highest BCUT2D eigenvalue weighted by Gasteiger charge is 2.23. The molecule has 0 unspecified atom stereocenters. The minimum absolute atomic E-state index is 0.444. The van der Waals surface area contributed by atoms with E-state index in [0.717, 1.165) is 18.5 Å². The second-order valence-corrected chi connectivity index (χ2v) is 4.21. The van der Waals surface area contributed by atoms with Crippen LogP contribution in [0.5, 0.6) is 0 Å². The predicted molar refractivity (Wildman–Crippen MR) is 62.4 cm³/mol. The summed E-state index contributed by atoms with van der Waals surface area (Å²) in [5.41, 5.74) is 7.74. The van der Waals surface area contributed by atoms with Gasteiger partial charge in [0, 0.05) is 18.8 Å². The monoisotopic (exact) mass is 220 g/mol. The number of nitrogen functional groups attached to an aromatic ring is 1. The molecule has 4 nitrogen and oxygen atoms in total. The Morgan fingerprint density at radius 3 is 2.62 bits per heavy atom. The lowest BCUT2D eigenvalue weighted by Crippen LogP contribution is -2.36. The van der Waals surface area contributed by atoms with Crippen molar-refractivity contribution in [1.82, 2.24) is 4.90 Å². The lowest BCUT2D eigenvalue weighted by Gasteiger charge is -2.30. The number of carboxylic acid groups (broad SMARTS) is 1. The Hall–Kier alpha value is -1.71. The lowest BCUT2D eigenvalue weighted by molar-refractivity contribution is 0.132. The highest BCUT2D eigenvalue weighted by Crippen LogP contribution is 2.28. The standard InChI is InChI=1S/C12H16N2O2/c13-11-3-1-2-10(8-11)9-4-6-14(7-5-9)12(15)16/h1-3,8-9H,4-7,13H2,(H,15,16). The summed E-state index contributed by atoms with van der Waals surface area (Å²) >= 11 is 0. The molecule has 0 radical (unpaired) electrons. The molecule has 0 aliphatic carbocycles. The van der Waals surface area contributed by atoms with Gasteiger partial charge in [0.05, 0.1) is 0 Å². The summed E-state index contributed by atoms with van der Waals surface area (Å²) in [6.45, 7) is 1.24. The zero-order valence-corrected chi connectivity index (χ0v) is 9.10. The van der Waals surface area contributed by atoms with Gasteiger partial charge in [0.25, 0.3) is 0 Å². The minimum atomic E-state index is -0.814. The van der Waals surface area contributed by atoms with E-state index in [9.17, 15) is 4.79 Å². The van der Waals surface area contributed by atoms with Crippen LogP contribution in [-0.2, 0) is 0 Å². The molecule has 0 atom stereocenters. The van der Waals surface area contributed by atoms with Gasteiger partial charge < -0.3 is 15.7 Å². The molecule has 0 spiro atoms. The molecule has 3 N–H and O–H groups in total. The van der Waals surface area contributed by atoms with Gasteiger partial charge in [-0.15, -0.1) is 0 Å². The number of anilines is 1. The van der Waals surface area contributed by atoms with Gasteiger partial charge in [-0.1, -0.05) is 12.1 Å². The van der Waals surface area contributed by atoms with Crippen molar-refractivity contribution in [2.24, 2.45) is 0 Å². The number of benzene rings is 1. The fourth-order valence-corrected chi connectivity index (χ4v) is 2.22. The van der Waals surface area contributed by atoms with E-state index in [2.05, 4.69) is 6.07 Å². The molecule has 1 aromatic rings. The van der Waals surface area contributed by atoms with Gasteiger partial charge in [0.2, 0.25) is 0 Å². The predicted octanol–water partition coefficient (Wildman–Crippen LogP) is 2.13. The number of piperidine rings is 1. The summed E-state index contributed by atoms with van der Waals surface area (Å²) in [5.74, 6) is 0.444. The molecule has 2 rings (SSSR count). The molecule has 1 aliphatic rings. The number of hydrogen-bond donors (Lipinski definition) is 2. The fraction of sp³-hybridized carbons (Fsp3) is 0.417. The van der Waals surface area contributed by atoms with Crippen molar-refractivity contribution >= 4 is 11.8 Å². The minimum Gasteiger partial charge on any atom is -0.465 e. The van der Waals surface area contributed by atoms with Crippen molar-refractivity contribution in [3.05, 3.63) is 29.8 Å². The number of amides is 1. The van der Waals surface area contributed by atoms with Crippen LogP contribution >= 0.6 is 0 Å². The van der Waals surface area contributed by atoms with E-state index in [0.29, 0.717) is 19.0 Å². The molecule has 1 amide bonds. The smallest absolute Gasteiger partial charge is 0.407 e. The van der Waals surface area contributed by atoms with Gasteiger partial charge in [0.15, 0.2) is 0 Å². The Kier molecular flexibility index (Phi) is 2.99. The molecule has 0 bridgehead atoms. The molecule has 0 aromatic heterocycles. The zero-order valence-electron chi connectivity index (χ0n) is 9.10. The third-order valence-corrected chi connectivity index (χ3v) is 3.15. The lowest BCUT2D eigenvalue weighted by atomic mass is 9.89. The first-order valence-electron chi connectivity index (χ1n) is 5.50. The van der Waals surface area contributed by atoms with Crippen molar-refractivity contribution < 1.29 is 9.90 Å². The third-order valence-electron chi connectivity index (χ3n) is 3.15. The van der Waals surface area contributed by atoms with Crippen LogP contribution in [0, 0.1) is 0 Å². The van der Waals surface area contributed by atoms with Crippen LogP contribution in [0.25, 0.3) is 0 Å². The average Bonchev–Trinajstić information content (AvgIpc) is 2.29. The van der Waals surface area contributed by atoms with E-state index < -0.39 is 6.09 Å². The van der Waals surface area contributed by atoms with Gasteiger partial charge >= 0.3 is 6.09 Å². The van der Waals surface area contributed by atoms with Crippen molar-refractivity contribution in [2.45, 2.75) is 18.8 Å². The van der Waals surface area contributed by atoms with Gasteiger partial charge in [-0.05, 0) is 36.5 Å². The molecular weight excluding hydrogens is 204 g/mol. The van der Waals surface area contributed by atoms with Crippen molar-refractivity contribution in [3.63, 3.8) is 0 Å². The number of likely N-dealkylation sites (tertiary alicyclic amines) is 1. The van der Waals surface area contributed by atoms with E-state index in [1.807, 2.05) is 18.2 Å². The first-order valence-corrected chi connectivity index (χ1v) is 5.50. The maximum Gasteiger partial charge on any atom is 0.407 e. The highest BCUT2D eigenvalue weighted by atomic mass is 16.4. The maximum atomic E-state index is 10.8. The van der Waals surface area contributed by atoms with Gasteiger partial charge in [-0.25, -0.2) is 4.79 Å². The Balaban J connectivity index is 2.01. The van der Waals surface area contributed by atoms with Crippen molar-refractivity contribution in [3.8, 4) is 0 Å². The summed E-state index contributed by atoms with van der Waals surface area (Å²) in [6.07, 6.45) is 0.955. The Morgan fingerprint density at radius 1 is 1.38 bits per heavy atom. The summed E-state index contributed by atoms with van der Waals surface area (Å²) < 4.78 is 0. The number of hydrogen-bond acceptors (Lipinski definition) is 2. The number of nitrogens with two attached hydrogens (primary N) is 1. The average molecular weight is 220 g/mol. The van der Waals surface area contributed by atoms with Crippen LogP contribution in [0.15, 0.2) is 24.3 Å². The highest BCUT2D eigenvalue weighted by molar-refractivity contribution is 5.65. The molecule has 1 fully saturated rings. The first-order chi connectivity index (χ1) is 7.66. The van der Waals surface area contributed by atoms with Crippen molar-refractivity contribution in [1.29, 1.82) is 0 Å². The Bertz CT molecular complexity index is 384. The van der Waals surface area contributed by atoms with Crippen LogP contribution in [0.2, 0.25) is 0 Å². The van der Waals surface area contributed by atoms with Gasteiger partial charge in [-0.3, -0.25) is 0 Å². The van der Waals surface area contributed by atoms with E-state index in [1.165, 1.54) is 10.5 Å². The Morgan fingerprint density at radius 2 is 2.06 bits per heavy atom. The molecule has 16 heavy (non-hydrogen) atoms. The van der Waals surface area contributed by atoms with E-state index in [-0.39, 0.29) is 0 Å². The molecule has 4 heteroatoms. The van der Waals surface area contributed by atoms with Gasteiger partial charge in [0.1, 0.15) is 0 Å². The van der Waals surface area contributed by atoms with Crippen LogP contribution in [0.4, 0.5) is 10.5 Å². The summed E-state index contributed by atoms with van der Waals surface area (Å²) in [4.78, 5) is 12.2. The molecular formula is C12H16N2O2. The number of nitrogens with zero attached hydrogens (tertiary/aromatic N) is 1. The Labute approximate surface area is 94.7 Å².